The average Bonchev–Trinajstić information content (AvgIpc) is 3.19. The molecule has 0 bridgehead atoms. The number of hydrogen-bond donors (Lipinski definition) is 0. The second-order valence-corrected chi connectivity index (χ2v) is 8.61. The smallest absolute Gasteiger partial charge is 0.338 e. The molecule has 1 aliphatic rings. The molecule has 2 heterocycles. The topological polar surface area (TPSA) is 58.4 Å². The summed E-state index contributed by atoms with van der Waals surface area (Å²) in [6.07, 6.45) is -4.44. The Bertz CT molecular complexity index is 1150. The Kier molecular flexibility index (Phi) is 6.64. The van der Waals surface area contributed by atoms with Crippen LogP contribution >= 0.6 is 11.8 Å². The summed E-state index contributed by atoms with van der Waals surface area (Å²) in [4.78, 5) is 33.3. The third-order valence-corrected chi connectivity index (χ3v) is 6.60. The number of aromatic nitrogens is 2. The van der Waals surface area contributed by atoms with Crippen LogP contribution in [0.5, 0.6) is 0 Å². The summed E-state index contributed by atoms with van der Waals surface area (Å²) in [6.45, 7) is 4.23. The number of hydrogen-bond acceptors (Lipinski definition) is 4. The third kappa shape index (κ3) is 5.00. The molecular weight excluding hydrogens is 453 g/mol. The predicted molar refractivity (Wildman–Crippen MR) is 120 cm³/mol. The molecule has 33 heavy (non-hydrogen) atoms. The Balaban J connectivity index is 1.31. The van der Waals surface area contributed by atoms with Crippen LogP contribution in [-0.4, -0.2) is 63.1 Å². The summed E-state index contributed by atoms with van der Waals surface area (Å²) in [5.74, 6) is -0.117. The average molecular weight is 477 g/mol. The molecule has 1 aromatic heterocycles. The number of aryl methyl sites for hydroxylation is 1. The molecule has 10 heteroatoms. The second-order valence-electron chi connectivity index (χ2n) is 7.66. The van der Waals surface area contributed by atoms with Crippen LogP contribution in [0.1, 0.15) is 22.8 Å². The molecule has 1 fully saturated rings. The molecule has 4 rings (SSSR count). The van der Waals surface area contributed by atoms with Gasteiger partial charge in [0, 0.05) is 38.3 Å². The van der Waals surface area contributed by atoms with E-state index in [1.807, 2.05) is 31.2 Å². The fraction of sp³-hybridized carbons (Fsp3) is 0.348. The molecule has 0 aliphatic carbocycles. The number of halogens is 3. The molecule has 0 atom stereocenters. The Morgan fingerprint density at radius 3 is 2.24 bits per heavy atom. The highest BCUT2D eigenvalue weighted by Gasteiger charge is 2.31. The van der Waals surface area contributed by atoms with Crippen molar-refractivity contribution < 1.29 is 22.8 Å². The number of piperazine rings is 1. The lowest BCUT2D eigenvalue weighted by Gasteiger charge is -2.34. The Morgan fingerprint density at radius 1 is 0.970 bits per heavy atom. The first-order valence-corrected chi connectivity index (χ1v) is 11.6. The summed E-state index contributed by atoms with van der Waals surface area (Å²) in [5, 5.41) is 0.795. The number of thioether (sulfide) groups is 1. The summed E-state index contributed by atoms with van der Waals surface area (Å²) < 4.78 is 40.2. The fourth-order valence-corrected chi connectivity index (χ4v) is 4.81. The van der Waals surface area contributed by atoms with Crippen molar-refractivity contribution >= 4 is 34.6 Å². The zero-order chi connectivity index (χ0) is 23.6. The van der Waals surface area contributed by atoms with E-state index in [9.17, 15) is 22.8 Å². The van der Waals surface area contributed by atoms with Crippen LogP contribution in [0.3, 0.4) is 0 Å². The second kappa shape index (κ2) is 9.46. The van der Waals surface area contributed by atoms with Gasteiger partial charge in [-0.25, -0.2) is 4.98 Å². The first-order valence-electron chi connectivity index (χ1n) is 10.6. The number of carbonyl (C=O) groups excluding carboxylic acids is 2. The van der Waals surface area contributed by atoms with Crippen LogP contribution in [0.25, 0.3) is 11.0 Å². The maximum atomic E-state index is 12.7. The van der Waals surface area contributed by atoms with Crippen LogP contribution < -0.4 is 0 Å². The maximum Gasteiger partial charge on any atom is 0.416 e. The van der Waals surface area contributed by atoms with Gasteiger partial charge >= 0.3 is 6.18 Å². The molecule has 2 amide bonds. The lowest BCUT2D eigenvalue weighted by atomic mass is 10.1. The van der Waals surface area contributed by atoms with E-state index in [0.29, 0.717) is 26.2 Å². The van der Waals surface area contributed by atoms with Gasteiger partial charge in [0.1, 0.15) is 0 Å². The molecule has 0 radical (unpaired) electrons. The summed E-state index contributed by atoms with van der Waals surface area (Å²) in [6, 6.07) is 12.0. The molecule has 1 saturated heterocycles. The third-order valence-electron chi connectivity index (χ3n) is 5.64. The van der Waals surface area contributed by atoms with Gasteiger partial charge in [0.05, 0.1) is 22.3 Å². The molecule has 0 saturated carbocycles. The zero-order valence-corrected chi connectivity index (χ0v) is 18.8. The minimum atomic E-state index is -4.44. The van der Waals surface area contributed by atoms with Crippen molar-refractivity contribution in [1.29, 1.82) is 0 Å². The lowest BCUT2D eigenvalue weighted by Crippen LogP contribution is -2.51. The highest BCUT2D eigenvalue weighted by atomic mass is 32.2. The van der Waals surface area contributed by atoms with Crippen molar-refractivity contribution in [3.05, 3.63) is 59.7 Å². The zero-order valence-electron chi connectivity index (χ0n) is 18.0. The minimum Gasteiger partial charge on any atom is -0.338 e. The van der Waals surface area contributed by atoms with Gasteiger partial charge in [0.2, 0.25) is 5.91 Å². The van der Waals surface area contributed by atoms with Crippen LogP contribution in [-0.2, 0) is 17.5 Å². The molecular formula is C23H23F3N4O2S. The van der Waals surface area contributed by atoms with Crippen molar-refractivity contribution in [2.24, 2.45) is 0 Å². The van der Waals surface area contributed by atoms with E-state index in [1.54, 1.807) is 9.80 Å². The number of carbonyl (C=O) groups is 2. The number of nitrogens with zero attached hydrogens (tertiary/aromatic N) is 4. The highest BCUT2D eigenvalue weighted by molar-refractivity contribution is 7.99. The number of alkyl halides is 3. The van der Waals surface area contributed by atoms with Crippen molar-refractivity contribution in [2.45, 2.75) is 24.8 Å². The van der Waals surface area contributed by atoms with E-state index in [0.717, 1.165) is 34.9 Å². The van der Waals surface area contributed by atoms with Gasteiger partial charge in [0.25, 0.3) is 5.91 Å². The van der Waals surface area contributed by atoms with Gasteiger partial charge in [-0.2, -0.15) is 13.2 Å². The van der Waals surface area contributed by atoms with Gasteiger partial charge in [0.15, 0.2) is 5.16 Å². The van der Waals surface area contributed by atoms with Crippen molar-refractivity contribution in [1.82, 2.24) is 19.4 Å². The maximum absolute atomic E-state index is 12.7. The number of rotatable bonds is 5. The standard InChI is InChI=1S/C23H23F3N4O2S/c1-2-30-19-6-4-3-5-18(19)27-22(30)33-15-20(31)28-11-13-29(14-12-28)21(32)16-7-9-17(10-8-16)23(24,25)26/h3-10H,2,11-15H2,1H3. The lowest BCUT2D eigenvalue weighted by molar-refractivity contribution is -0.137. The van der Waals surface area contributed by atoms with E-state index in [1.165, 1.54) is 23.9 Å². The van der Waals surface area contributed by atoms with Crippen LogP contribution in [0.15, 0.2) is 53.7 Å². The first-order chi connectivity index (χ1) is 15.8. The van der Waals surface area contributed by atoms with Crippen molar-refractivity contribution in [3.63, 3.8) is 0 Å². The Labute approximate surface area is 193 Å². The van der Waals surface area contributed by atoms with Crippen molar-refractivity contribution in [2.75, 3.05) is 31.9 Å². The summed E-state index contributed by atoms with van der Waals surface area (Å²) in [7, 11) is 0. The molecule has 0 spiro atoms. The Morgan fingerprint density at radius 2 is 1.61 bits per heavy atom. The normalized spacial score (nSPS) is 14.7. The van der Waals surface area contributed by atoms with Crippen LogP contribution in [0.4, 0.5) is 13.2 Å². The molecule has 3 aromatic rings. The summed E-state index contributed by atoms with van der Waals surface area (Å²) >= 11 is 1.39. The van der Waals surface area contributed by atoms with Gasteiger partial charge < -0.3 is 14.4 Å². The molecule has 0 N–H and O–H groups in total. The Hall–Kier alpha value is -3.01. The van der Waals surface area contributed by atoms with Gasteiger partial charge in [-0.05, 0) is 43.3 Å². The van der Waals surface area contributed by atoms with Gasteiger partial charge in [-0.15, -0.1) is 0 Å². The molecule has 6 nitrogen and oxygen atoms in total. The summed E-state index contributed by atoms with van der Waals surface area (Å²) in [5.41, 5.74) is 1.34. The van der Waals surface area contributed by atoms with Crippen LogP contribution in [0.2, 0.25) is 0 Å². The minimum absolute atomic E-state index is 0.0312. The van der Waals surface area contributed by atoms with E-state index in [2.05, 4.69) is 9.55 Å². The molecule has 174 valence electrons. The van der Waals surface area contributed by atoms with Crippen molar-refractivity contribution in [3.8, 4) is 0 Å². The monoisotopic (exact) mass is 476 g/mol. The van der Waals surface area contributed by atoms with Crippen LogP contribution in [0, 0.1) is 0 Å². The quantitative estimate of drug-likeness (QED) is 0.519. The number of benzene rings is 2. The van der Waals surface area contributed by atoms with E-state index in [4.69, 9.17) is 0 Å². The van der Waals surface area contributed by atoms with E-state index < -0.39 is 11.7 Å². The fourth-order valence-electron chi connectivity index (χ4n) is 3.83. The molecule has 2 aromatic carbocycles. The van der Waals surface area contributed by atoms with Gasteiger partial charge in [-0.3, -0.25) is 9.59 Å². The molecule has 1 aliphatic heterocycles. The first kappa shape index (κ1) is 23.2. The predicted octanol–water partition coefficient (Wildman–Crippen LogP) is 4.15. The molecule has 0 unspecified atom stereocenters. The number of fused-ring (bicyclic) bond motifs is 1. The number of imidazole rings is 1. The number of para-hydroxylation sites is 2. The van der Waals surface area contributed by atoms with Gasteiger partial charge in [-0.1, -0.05) is 23.9 Å². The highest BCUT2D eigenvalue weighted by Crippen LogP contribution is 2.29. The van der Waals surface area contributed by atoms with E-state index in [-0.39, 0.29) is 23.1 Å². The largest absolute Gasteiger partial charge is 0.416 e. The number of amides is 2. The van der Waals surface area contributed by atoms with E-state index >= 15 is 0 Å². The SMILES string of the molecule is CCn1c(SCC(=O)N2CCN(C(=O)c3ccc(C(F)(F)F)cc3)CC2)nc2ccccc21.